The Morgan fingerprint density at radius 2 is 1.09 bits per heavy atom. The zero-order valence-electron chi connectivity index (χ0n) is 36.1. The highest BCUT2D eigenvalue weighted by Gasteiger charge is 2.34. The van der Waals surface area contributed by atoms with Crippen LogP contribution in [-0.4, -0.2) is 72.1 Å². The van der Waals surface area contributed by atoms with Crippen molar-refractivity contribution >= 4 is 84.5 Å². The van der Waals surface area contributed by atoms with E-state index in [-0.39, 0.29) is 44.9 Å². The minimum Gasteiger partial charge on any atom is -0.346 e. The van der Waals surface area contributed by atoms with Crippen molar-refractivity contribution in [2.75, 3.05) is 18.0 Å². The van der Waals surface area contributed by atoms with Crippen molar-refractivity contribution in [3.8, 4) is 11.4 Å². The maximum atomic E-state index is 13.8. The molecule has 4 aromatic carbocycles. The summed E-state index contributed by atoms with van der Waals surface area (Å²) in [6.07, 6.45) is 8.89. The van der Waals surface area contributed by atoms with Crippen molar-refractivity contribution in [3.63, 3.8) is 0 Å². The van der Waals surface area contributed by atoms with Crippen LogP contribution in [0.2, 0.25) is 15.2 Å². The van der Waals surface area contributed by atoms with Gasteiger partial charge in [-0.3, -0.25) is 28.3 Å². The lowest BCUT2D eigenvalue weighted by molar-refractivity contribution is 0.584. The molecule has 18 nitrogen and oxygen atoms in total. The number of aromatic nitrogens is 12. The number of para-hydroxylation sites is 2. The number of rotatable bonds is 5. The second-order valence-electron chi connectivity index (χ2n) is 15.9. The lowest BCUT2D eigenvalue weighted by Crippen LogP contribution is -2.32. The summed E-state index contributed by atoms with van der Waals surface area (Å²) in [4.78, 5) is 91.4. The Morgan fingerprint density at radius 3 is 1.67 bits per heavy atom. The third-order valence-corrected chi connectivity index (χ3v) is 12.7. The summed E-state index contributed by atoms with van der Waals surface area (Å²) in [5.74, 6) is 1.80. The Bertz CT molecular complexity index is 3780. The molecule has 0 spiro atoms. The molecule has 21 heteroatoms. The van der Waals surface area contributed by atoms with Crippen LogP contribution < -0.4 is 32.5 Å². The third kappa shape index (κ3) is 8.70. The predicted octanol–water partition coefficient (Wildman–Crippen LogP) is 7.24. The highest BCUT2D eigenvalue weighted by Crippen LogP contribution is 2.37. The van der Waals surface area contributed by atoms with Gasteiger partial charge in [0.15, 0.2) is 11.3 Å². The van der Waals surface area contributed by atoms with Crippen molar-refractivity contribution < 1.29 is 0 Å². The van der Waals surface area contributed by atoms with E-state index >= 15 is 0 Å². The molecule has 0 bridgehead atoms. The number of benzene rings is 4. The number of nitrogens with one attached hydrogen (secondary N) is 3. The molecule has 0 saturated carbocycles. The predicted molar refractivity (Wildman–Crippen MR) is 265 cm³/mol. The Labute approximate surface area is 404 Å². The molecule has 12 rings (SSSR count). The SMILES string of the molecule is O=c1[nH]cnc2ncnc(Cl)c12.O=c1[nH]cnc2ncnc(N3CCC[C@H]3c3nc4cccc(Cl)c4c(=O)n3-c3ccccc3)c12.O=c1c2c(Cl)cccc2nc([C@@H]2CCCN2)n1-c1ccccc1. The summed E-state index contributed by atoms with van der Waals surface area (Å²) in [6.45, 7) is 1.59. The van der Waals surface area contributed by atoms with Crippen LogP contribution in [0.15, 0.2) is 142 Å². The molecule has 8 heterocycles. The number of nitrogens with zero attached hydrogens (tertiary/aromatic N) is 11. The van der Waals surface area contributed by atoms with Gasteiger partial charge in [0.1, 0.15) is 46.0 Å². The van der Waals surface area contributed by atoms with E-state index in [4.69, 9.17) is 44.8 Å². The average molecular weight is 980 g/mol. The zero-order chi connectivity index (χ0) is 47.6. The molecule has 3 N–H and O–H groups in total. The van der Waals surface area contributed by atoms with Gasteiger partial charge in [-0.05, 0) is 80.8 Å². The fourth-order valence-corrected chi connectivity index (χ4v) is 9.42. The lowest BCUT2D eigenvalue weighted by Gasteiger charge is -2.28. The van der Waals surface area contributed by atoms with Crippen LogP contribution in [-0.2, 0) is 0 Å². The zero-order valence-corrected chi connectivity index (χ0v) is 38.4. The van der Waals surface area contributed by atoms with E-state index in [1.165, 1.54) is 25.3 Å². The minimum absolute atomic E-state index is 0.0892. The van der Waals surface area contributed by atoms with Gasteiger partial charge in [-0.1, -0.05) is 83.3 Å². The maximum Gasteiger partial charge on any atom is 0.267 e. The summed E-state index contributed by atoms with van der Waals surface area (Å²) in [5.41, 5.74) is 2.31. The molecule has 2 atom stereocenters. The Kier molecular flexibility index (Phi) is 12.7. The number of aromatic amines is 2. The molecule has 2 fully saturated rings. The topological polar surface area (TPSA) is 228 Å². The minimum atomic E-state index is -0.328. The molecule has 2 aliphatic rings. The van der Waals surface area contributed by atoms with Gasteiger partial charge in [0.05, 0.1) is 68.0 Å². The number of fused-ring (bicyclic) bond motifs is 4. The van der Waals surface area contributed by atoms with Crippen LogP contribution in [0.5, 0.6) is 0 Å². The second kappa shape index (κ2) is 19.4. The molecule has 344 valence electrons. The quantitative estimate of drug-likeness (QED) is 0.145. The summed E-state index contributed by atoms with van der Waals surface area (Å²) in [5, 5.41) is 5.73. The van der Waals surface area contributed by atoms with E-state index < -0.39 is 0 Å². The van der Waals surface area contributed by atoms with Crippen LogP contribution in [0.4, 0.5) is 5.82 Å². The van der Waals surface area contributed by atoms with E-state index in [0.29, 0.717) is 72.4 Å². The summed E-state index contributed by atoms with van der Waals surface area (Å²) in [7, 11) is 0. The fourth-order valence-electron chi connectivity index (χ4n) is 8.70. The van der Waals surface area contributed by atoms with Gasteiger partial charge < -0.3 is 20.2 Å². The van der Waals surface area contributed by atoms with Gasteiger partial charge in [-0.25, -0.2) is 39.9 Å². The van der Waals surface area contributed by atoms with Crippen molar-refractivity contribution in [3.05, 3.63) is 191 Å². The first kappa shape index (κ1) is 45.0. The number of hydrogen-bond donors (Lipinski definition) is 3. The van der Waals surface area contributed by atoms with Gasteiger partial charge in [-0.2, -0.15) is 0 Å². The van der Waals surface area contributed by atoms with Crippen molar-refractivity contribution in [1.29, 1.82) is 0 Å². The van der Waals surface area contributed by atoms with E-state index in [0.717, 1.165) is 43.7 Å². The lowest BCUT2D eigenvalue weighted by atomic mass is 10.1. The molecule has 0 aliphatic carbocycles. The van der Waals surface area contributed by atoms with E-state index in [1.807, 2.05) is 77.7 Å². The molecule has 2 saturated heterocycles. The molecule has 10 aromatic rings. The third-order valence-electron chi connectivity index (χ3n) is 11.8. The van der Waals surface area contributed by atoms with Gasteiger partial charge in [0.25, 0.3) is 22.2 Å². The molecular formula is C48H37Cl3N14O4. The molecule has 2 aliphatic heterocycles. The monoisotopic (exact) mass is 978 g/mol. The molecule has 6 aromatic heterocycles. The first-order chi connectivity index (χ1) is 33.7. The summed E-state index contributed by atoms with van der Waals surface area (Å²) < 4.78 is 3.31. The van der Waals surface area contributed by atoms with E-state index in [9.17, 15) is 19.2 Å². The second-order valence-corrected chi connectivity index (χ2v) is 17.1. The maximum absolute atomic E-state index is 13.8. The number of H-pyrrole nitrogens is 2. The highest BCUT2D eigenvalue weighted by atomic mass is 35.5. The Hall–Kier alpha value is -7.77. The number of halogens is 3. The van der Waals surface area contributed by atoms with Crippen LogP contribution in [0.3, 0.4) is 0 Å². The van der Waals surface area contributed by atoms with Gasteiger partial charge in [0.2, 0.25) is 0 Å². The first-order valence-corrected chi connectivity index (χ1v) is 22.9. The normalized spacial score (nSPS) is 15.6. The summed E-state index contributed by atoms with van der Waals surface area (Å²) >= 11 is 18.3. The molecule has 69 heavy (non-hydrogen) atoms. The van der Waals surface area contributed by atoms with Crippen LogP contribution in [0, 0.1) is 0 Å². The molecule has 0 radical (unpaired) electrons. The van der Waals surface area contributed by atoms with Gasteiger partial charge >= 0.3 is 0 Å². The Balaban J connectivity index is 0.000000135. The average Bonchev–Trinajstić information content (AvgIpc) is 4.09. The standard InChI is InChI=1S/C24H18ClN7O2.C18H16ClN3O.C6H3ClN4O/c25-15-8-4-9-16-18(15)24(34)32(14-6-2-1-3-7-14)21(30-16)17-10-5-11-31(17)22-19-20(26-12-28-22)27-13-29-23(19)33;19-13-8-4-9-14-16(13)18(23)22(12-6-2-1-3-7-12)17(21-14)15-10-5-11-20-15;7-4-3-5(9-1-8-4)10-2-11-6(3)12/h1-4,6-9,12-13,17H,5,10-11H2,(H,26,27,28,29,33);1-4,6-9,15,20H,5,10-11H2;1-2H,(H,8,9,10,11,12)/t17-;15-;/m00./s1. The molecular weight excluding hydrogens is 943 g/mol. The van der Waals surface area contributed by atoms with Crippen LogP contribution >= 0.6 is 34.8 Å². The van der Waals surface area contributed by atoms with E-state index in [2.05, 4.69) is 45.2 Å². The van der Waals surface area contributed by atoms with Crippen molar-refractivity contribution in [2.45, 2.75) is 37.8 Å². The largest absolute Gasteiger partial charge is 0.346 e. The van der Waals surface area contributed by atoms with Gasteiger partial charge in [0, 0.05) is 6.54 Å². The van der Waals surface area contributed by atoms with Crippen molar-refractivity contribution in [2.24, 2.45) is 0 Å². The fraction of sp³-hybridized carbons (Fsp3) is 0.167. The van der Waals surface area contributed by atoms with Gasteiger partial charge in [-0.15, -0.1) is 0 Å². The van der Waals surface area contributed by atoms with E-state index in [1.54, 1.807) is 33.4 Å². The smallest absolute Gasteiger partial charge is 0.267 e. The molecule has 0 amide bonds. The van der Waals surface area contributed by atoms with Crippen LogP contribution in [0.1, 0.15) is 49.4 Å². The number of anilines is 1. The molecule has 0 unspecified atom stereocenters. The summed E-state index contributed by atoms with van der Waals surface area (Å²) in [6, 6.07) is 29.4. The number of hydrogen-bond acceptors (Lipinski definition) is 14. The first-order valence-electron chi connectivity index (χ1n) is 21.7. The van der Waals surface area contributed by atoms with Crippen molar-refractivity contribution in [1.82, 2.24) is 64.3 Å². The Morgan fingerprint density at radius 1 is 0.536 bits per heavy atom. The highest BCUT2D eigenvalue weighted by molar-refractivity contribution is 6.35. The van der Waals surface area contributed by atoms with Crippen LogP contribution in [0.25, 0.3) is 55.2 Å².